The second-order valence-electron chi connectivity index (χ2n) is 6.41. The Morgan fingerprint density at radius 3 is 3.12 bits per heavy atom. The summed E-state index contributed by atoms with van der Waals surface area (Å²) in [7, 11) is 0. The number of benzene rings is 1. The van der Waals surface area contributed by atoms with Gasteiger partial charge in [-0.25, -0.2) is 9.78 Å². The van der Waals surface area contributed by atoms with Gasteiger partial charge in [0, 0.05) is 32.0 Å². The molecule has 1 aliphatic rings. The molecular formula is C19H23N5O. The summed E-state index contributed by atoms with van der Waals surface area (Å²) in [5, 5.41) is 12.0. The quantitative estimate of drug-likeness (QED) is 0.911. The van der Waals surface area contributed by atoms with Gasteiger partial charge < -0.3 is 14.8 Å². The van der Waals surface area contributed by atoms with Crippen LogP contribution in [0.3, 0.4) is 0 Å². The molecule has 6 nitrogen and oxygen atoms in total. The fourth-order valence-electron chi connectivity index (χ4n) is 3.33. The third-order valence-corrected chi connectivity index (χ3v) is 4.72. The normalized spacial score (nSPS) is 16.6. The van der Waals surface area contributed by atoms with Gasteiger partial charge in [-0.3, -0.25) is 0 Å². The number of nitriles is 1. The van der Waals surface area contributed by atoms with Gasteiger partial charge in [-0.05, 0) is 43.9 Å². The predicted octanol–water partition coefficient (Wildman–Crippen LogP) is 2.48. The van der Waals surface area contributed by atoms with Crippen LogP contribution < -0.4 is 5.32 Å². The van der Waals surface area contributed by atoms with E-state index in [0.29, 0.717) is 12.1 Å². The minimum absolute atomic E-state index is 0.00305. The number of aryl methyl sites for hydroxylation is 1. The van der Waals surface area contributed by atoms with Gasteiger partial charge in [0.2, 0.25) is 0 Å². The van der Waals surface area contributed by atoms with Crippen LogP contribution in [0.2, 0.25) is 0 Å². The zero-order valence-corrected chi connectivity index (χ0v) is 14.5. The van der Waals surface area contributed by atoms with Gasteiger partial charge in [0.25, 0.3) is 0 Å². The Bertz CT molecular complexity index is 776. The third kappa shape index (κ3) is 4.18. The van der Waals surface area contributed by atoms with Gasteiger partial charge in [-0.1, -0.05) is 12.1 Å². The molecule has 0 spiro atoms. The van der Waals surface area contributed by atoms with Crippen LogP contribution in [0.4, 0.5) is 4.79 Å². The average molecular weight is 337 g/mol. The number of carbonyl (C=O) groups is 1. The summed E-state index contributed by atoms with van der Waals surface area (Å²) >= 11 is 0. The standard InChI is InChI=1S/C19H23N5O/c1-15-21-9-11-23(15)14-18-6-3-10-24(18)19(25)22-8-7-16-4-2-5-17(12-16)13-20/h2,4-5,9,11-12,18H,3,6-8,10,14H2,1H3,(H,22,25)/t18-/m0/s1. The number of aromatic nitrogens is 2. The van der Waals surface area contributed by atoms with Crippen molar-refractivity contribution >= 4 is 6.03 Å². The van der Waals surface area contributed by atoms with Crippen molar-refractivity contribution in [3.63, 3.8) is 0 Å². The number of hydrogen-bond acceptors (Lipinski definition) is 3. The molecule has 1 aromatic heterocycles. The van der Waals surface area contributed by atoms with Crippen molar-refractivity contribution in [2.24, 2.45) is 0 Å². The smallest absolute Gasteiger partial charge is 0.317 e. The Morgan fingerprint density at radius 2 is 2.36 bits per heavy atom. The number of urea groups is 1. The lowest BCUT2D eigenvalue weighted by Crippen LogP contribution is -2.44. The first kappa shape index (κ1) is 17.0. The largest absolute Gasteiger partial charge is 0.338 e. The second kappa shape index (κ2) is 7.84. The van der Waals surface area contributed by atoms with Crippen molar-refractivity contribution < 1.29 is 4.79 Å². The van der Waals surface area contributed by atoms with E-state index in [2.05, 4.69) is 20.9 Å². The molecule has 1 saturated heterocycles. The first-order valence-corrected chi connectivity index (χ1v) is 8.68. The van der Waals surface area contributed by atoms with Gasteiger partial charge in [0.1, 0.15) is 5.82 Å². The Morgan fingerprint density at radius 1 is 1.48 bits per heavy atom. The highest BCUT2D eigenvalue weighted by Gasteiger charge is 2.28. The van der Waals surface area contributed by atoms with E-state index < -0.39 is 0 Å². The summed E-state index contributed by atoms with van der Waals surface area (Å²) in [5.74, 6) is 0.977. The van der Waals surface area contributed by atoms with Crippen LogP contribution in [-0.4, -0.2) is 39.6 Å². The van der Waals surface area contributed by atoms with Crippen LogP contribution in [0.5, 0.6) is 0 Å². The molecule has 0 aliphatic carbocycles. The van der Waals surface area contributed by atoms with Gasteiger partial charge in [0.05, 0.1) is 17.7 Å². The molecule has 1 aromatic carbocycles. The maximum atomic E-state index is 12.5. The van der Waals surface area contributed by atoms with Gasteiger partial charge in [-0.2, -0.15) is 5.26 Å². The number of carbonyl (C=O) groups excluding carboxylic acids is 1. The Balaban J connectivity index is 1.51. The molecule has 2 amide bonds. The molecule has 0 bridgehead atoms. The van der Waals surface area contributed by atoms with Gasteiger partial charge in [-0.15, -0.1) is 0 Å². The highest BCUT2D eigenvalue weighted by atomic mass is 16.2. The summed E-state index contributed by atoms with van der Waals surface area (Å²) in [6.45, 7) is 4.15. The molecule has 0 saturated carbocycles. The summed E-state index contributed by atoms with van der Waals surface area (Å²) in [4.78, 5) is 18.7. The highest BCUT2D eigenvalue weighted by molar-refractivity contribution is 5.74. The molecule has 1 N–H and O–H groups in total. The molecule has 1 aliphatic heterocycles. The summed E-state index contributed by atoms with van der Waals surface area (Å²) in [6.07, 6.45) is 6.54. The maximum Gasteiger partial charge on any atom is 0.317 e. The molecule has 0 unspecified atom stereocenters. The number of likely N-dealkylation sites (tertiary alicyclic amines) is 1. The van der Waals surface area contributed by atoms with Crippen molar-refractivity contribution in [2.75, 3.05) is 13.1 Å². The highest BCUT2D eigenvalue weighted by Crippen LogP contribution is 2.19. The minimum atomic E-state index is -0.00305. The van der Waals surface area contributed by atoms with Crippen LogP contribution >= 0.6 is 0 Å². The van der Waals surface area contributed by atoms with Crippen LogP contribution in [0.1, 0.15) is 29.8 Å². The lowest BCUT2D eigenvalue weighted by molar-refractivity contribution is 0.187. The SMILES string of the molecule is Cc1nccn1C[C@@H]1CCCN1C(=O)NCCc1cccc(C#N)c1. The molecule has 2 aromatic rings. The molecule has 6 heteroatoms. The summed E-state index contributed by atoms with van der Waals surface area (Å²) in [6, 6.07) is 9.86. The number of rotatable bonds is 5. The number of hydrogen-bond donors (Lipinski definition) is 1. The zero-order chi connectivity index (χ0) is 17.6. The molecule has 25 heavy (non-hydrogen) atoms. The summed E-state index contributed by atoms with van der Waals surface area (Å²) in [5.41, 5.74) is 1.71. The monoisotopic (exact) mass is 337 g/mol. The van der Waals surface area contributed by atoms with E-state index in [1.165, 1.54) is 0 Å². The number of nitrogens with one attached hydrogen (secondary N) is 1. The fourth-order valence-corrected chi connectivity index (χ4v) is 3.33. The number of imidazole rings is 1. The first-order chi connectivity index (χ1) is 12.2. The van der Waals surface area contributed by atoms with Gasteiger partial charge in [0.15, 0.2) is 0 Å². The minimum Gasteiger partial charge on any atom is -0.338 e. The van der Waals surface area contributed by atoms with Crippen molar-refractivity contribution in [1.29, 1.82) is 5.26 Å². The van der Waals surface area contributed by atoms with E-state index in [0.717, 1.165) is 43.7 Å². The van der Waals surface area contributed by atoms with E-state index in [-0.39, 0.29) is 12.1 Å². The molecular weight excluding hydrogens is 314 g/mol. The lowest BCUT2D eigenvalue weighted by Gasteiger charge is -2.25. The second-order valence-corrected chi connectivity index (χ2v) is 6.41. The van der Waals surface area contributed by atoms with Gasteiger partial charge >= 0.3 is 6.03 Å². The lowest BCUT2D eigenvalue weighted by atomic mass is 10.1. The first-order valence-electron chi connectivity index (χ1n) is 8.68. The van der Waals surface area contributed by atoms with Crippen LogP contribution in [0.15, 0.2) is 36.7 Å². The maximum absolute atomic E-state index is 12.5. The van der Waals surface area contributed by atoms with E-state index in [4.69, 9.17) is 5.26 Å². The van der Waals surface area contributed by atoms with Crippen LogP contribution in [-0.2, 0) is 13.0 Å². The Kier molecular flexibility index (Phi) is 5.34. The molecule has 130 valence electrons. The Hall–Kier alpha value is -2.81. The topological polar surface area (TPSA) is 74.0 Å². The van der Waals surface area contributed by atoms with Crippen molar-refractivity contribution in [3.05, 3.63) is 53.6 Å². The van der Waals surface area contributed by atoms with E-state index in [1.807, 2.05) is 36.2 Å². The van der Waals surface area contributed by atoms with Crippen molar-refractivity contribution in [1.82, 2.24) is 19.8 Å². The molecule has 1 fully saturated rings. The van der Waals surface area contributed by atoms with Crippen LogP contribution in [0, 0.1) is 18.3 Å². The summed E-state index contributed by atoms with van der Waals surface area (Å²) < 4.78 is 2.10. The zero-order valence-electron chi connectivity index (χ0n) is 14.5. The van der Waals surface area contributed by atoms with Crippen LogP contribution in [0.25, 0.3) is 0 Å². The molecule has 0 radical (unpaired) electrons. The molecule has 3 rings (SSSR count). The molecule has 1 atom stereocenters. The predicted molar refractivity (Wildman–Crippen MR) is 95.0 cm³/mol. The average Bonchev–Trinajstić information content (AvgIpc) is 3.25. The van der Waals surface area contributed by atoms with E-state index in [1.54, 1.807) is 12.3 Å². The molecule has 2 heterocycles. The third-order valence-electron chi connectivity index (χ3n) is 4.72. The number of nitrogens with zero attached hydrogens (tertiary/aromatic N) is 4. The number of amides is 2. The van der Waals surface area contributed by atoms with Crippen molar-refractivity contribution in [3.8, 4) is 6.07 Å². The Labute approximate surface area is 148 Å². The van der Waals surface area contributed by atoms with E-state index >= 15 is 0 Å². The van der Waals surface area contributed by atoms with Crippen molar-refractivity contribution in [2.45, 2.75) is 38.8 Å². The fraction of sp³-hybridized carbons (Fsp3) is 0.421. The van der Waals surface area contributed by atoms with E-state index in [9.17, 15) is 4.79 Å².